The van der Waals surface area contributed by atoms with E-state index in [9.17, 15) is 14.7 Å². The molecule has 5 fully saturated rings. The summed E-state index contributed by atoms with van der Waals surface area (Å²) in [5.41, 5.74) is 7.04. The number of hydrogen-bond donors (Lipinski definition) is 3. The number of amides is 2. The van der Waals surface area contributed by atoms with Crippen molar-refractivity contribution in [2.45, 2.75) is 135 Å². The van der Waals surface area contributed by atoms with Crippen molar-refractivity contribution in [2.24, 2.45) is 0 Å². The molecule has 77 heavy (non-hydrogen) atoms. The number of hydrogen-bond acceptors (Lipinski definition) is 15. The molecule has 5 aliphatic heterocycles. The van der Waals surface area contributed by atoms with Gasteiger partial charge in [-0.25, -0.2) is 9.37 Å². The van der Waals surface area contributed by atoms with E-state index in [1.54, 1.807) is 40.6 Å². The molecule has 3 aromatic carbocycles. The number of phenolic OH excluding ortho intramolecular Hbond substituents is 1. The highest BCUT2D eigenvalue weighted by atomic mass is 32.1. The van der Waals surface area contributed by atoms with E-state index in [4.69, 9.17) is 24.0 Å². The standard InChI is InChI=1S/C33H37FN6O2.C23H26N4O4S.C3H8/c1-2-20-6-3-7-21-14-24(41)15-25(27(20)21)29-28(34)30-26(16-35-29)31(39-17-22-8-9-23(18-39)36-22)38-32(37-30)42-19-33-10-4-12-40(33)13-5-11-33;1-14(16-6-8-17(9-7-16)22-15(2)24-13-32-22)25-23(29)19-5-4-10-27(19)21(28)12-18-11-20(30-3)26-31-18;1-3-2/h3,6-7,14-16,22-23,36,41H,2,4-5,8-13,17-19H2,1H3;6-9,11,13-14,19H,4-5,10,12H2,1-3H3,(H,25,29);3H2,1-2H3. The number of aromatic hydroxyl groups is 1. The highest BCUT2D eigenvalue weighted by Crippen LogP contribution is 2.42. The molecule has 9 heterocycles. The van der Waals surface area contributed by atoms with Gasteiger partial charge in [-0.15, -0.1) is 11.3 Å². The van der Waals surface area contributed by atoms with E-state index in [0.717, 1.165) is 103 Å². The summed E-state index contributed by atoms with van der Waals surface area (Å²) in [6.45, 7) is 15.2. The third kappa shape index (κ3) is 11.3. The minimum absolute atomic E-state index is 0.0333. The first-order valence-electron chi connectivity index (χ1n) is 27.5. The van der Waals surface area contributed by atoms with Gasteiger partial charge in [0.1, 0.15) is 41.2 Å². The lowest BCUT2D eigenvalue weighted by molar-refractivity contribution is -0.138. The summed E-state index contributed by atoms with van der Waals surface area (Å²) >= 11 is 1.61. The Labute approximate surface area is 453 Å². The summed E-state index contributed by atoms with van der Waals surface area (Å²) in [6, 6.07) is 19.4. The number of carbonyl (C=O) groups is 2. The van der Waals surface area contributed by atoms with Crippen LogP contribution in [0, 0.1) is 12.7 Å². The van der Waals surface area contributed by atoms with E-state index in [1.165, 1.54) is 26.4 Å². The van der Waals surface area contributed by atoms with E-state index in [0.29, 0.717) is 60.1 Å². The first kappa shape index (κ1) is 53.6. The molecule has 3 N–H and O–H groups in total. The van der Waals surface area contributed by atoms with Gasteiger partial charge in [0.2, 0.25) is 11.8 Å². The Hall–Kier alpha value is -6.76. The average Bonchev–Trinajstić information content (AvgIpc) is 4.34. The smallest absolute Gasteiger partial charge is 0.319 e. The van der Waals surface area contributed by atoms with E-state index in [2.05, 4.69) is 68.5 Å². The first-order valence-corrected chi connectivity index (χ1v) is 28.4. The zero-order valence-corrected chi connectivity index (χ0v) is 45.9. The van der Waals surface area contributed by atoms with Gasteiger partial charge in [0, 0.05) is 49.5 Å². The number of aromatic nitrogens is 5. The molecule has 0 aliphatic carbocycles. The Kier molecular flexibility index (Phi) is 16.3. The number of benzene rings is 3. The van der Waals surface area contributed by atoms with Crippen molar-refractivity contribution in [3.63, 3.8) is 0 Å². The third-order valence-electron chi connectivity index (χ3n) is 15.8. The quantitative estimate of drug-likeness (QED) is 0.0991. The summed E-state index contributed by atoms with van der Waals surface area (Å²) < 4.78 is 33.3. The molecule has 7 aromatic rings. The number of thiazole rings is 1. The van der Waals surface area contributed by atoms with Gasteiger partial charge in [-0.05, 0) is 129 Å². The van der Waals surface area contributed by atoms with Gasteiger partial charge in [0.15, 0.2) is 5.82 Å². The number of ether oxygens (including phenoxy) is 2. The predicted octanol–water partition coefficient (Wildman–Crippen LogP) is 10.1. The summed E-state index contributed by atoms with van der Waals surface area (Å²) in [6.07, 6.45) is 12.1. The number of likely N-dealkylation sites (tertiary alicyclic amines) is 1. The van der Waals surface area contributed by atoms with Crippen molar-refractivity contribution in [1.82, 2.24) is 45.5 Å². The number of methoxy groups -OCH3 is 1. The van der Waals surface area contributed by atoms with Crippen molar-refractivity contribution in [2.75, 3.05) is 51.3 Å². The van der Waals surface area contributed by atoms with Crippen molar-refractivity contribution in [3.8, 4) is 39.3 Å². The lowest BCUT2D eigenvalue weighted by atomic mass is 9.95. The number of piperazine rings is 1. The van der Waals surface area contributed by atoms with Gasteiger partial charge in [0.05, 0.1) is 46.6 Å². The van der Waals surface area contributed by atoms with Crippen LogP contribution in [0.5, 0.6) is 17.6 Å². The Morgan fingerprint density at radius 2 is 1.73 bits per heavy atom. The first-order chi connectivity index (χ1) is 37.4. The minimum Gasteiger partial charge on any atom is -0.508 e. The van der Waals surface area contributed by atoms with Gasteiger partial charge >= 0.3 is 6.01 Å². The Bertz CT molecular complexity index is 3200. The fraction of sp³-hybridized carbons (Fsp3) is 0.475. The second-order valence-electron chi connectivity index (χ2n) is 21.2. The van der Waals surface area contributed by atoms with Gasteiger partial charge in [-0.2, -0.15) is 9.97 Å². The zero-order chi connectivity index (χ0) is 53.8. The van der Waals surface area contributed by atoms with Crippen LogP contribution in [0.2, 0.25) is 0 Å². The van der Waals surface area contributed by atoms with Gasteiger partial charge < -0.3 is 39.5 Å². The maximum absolute atomic E-state index is 16.8. The van der Waals surface area contributed by atoms with Crippen LogP contribution in [-0.2, 0) is 22.4 Å². The summed E-state index contributed by atoms with van der Waals surface area (Å²) in [7, 11) is 1.49. The number of aryl methyl sites for hydroxylation is 2. The highest BCUT2D eigenvalue weighted by Gasteiger charge is 2.45. The number of nitrogens with one attached hydrogen (secondary N) is 2. The molecule has 2 amide bonds. The zero-order valence-electron chi connectivity index (χ0n) is 45.1. The molecule has 406 valence electrons. The van der Waals surface area contributed by atoms with Crippen molar-refractivity contribution in [3.05, 3.63) is 101 Å². The lowest BCUT2D eigenvalue weighted by Crippen LogP contribution is -2.51. The van der Waals surface area contributed by atoms with Crippen molar-refractivity contribution < 1.29 is 33.1 Å². The Balaban J connectivity index is 0.000000172. The van der Waals surface area contributed by atoms with Crippen LogP contribution in [0.15, 0.2) is 76.9 Å². The molecule has 18 heteroatoms. The molecule has 4 unspecified atom stereocenters. The number of nitrogens with zero attached hydrogens (tertiary/aromatic N) is 8. The van der Waals surface area contributed by atoms with E-state index >= 15 is 4.39 Å². The molecular weight excluding hydrogens is 996 g/mol. The number of pyridine rings is 1. The molecule has 4 aromatic heterocycles. The molecule has 16 nitrogen and oxygen atoms in total. The molecule has 4 atom stereocenters. The molecule has 0 radical (unpaired) electrons. The highest BCUT2D eigenvalue weighted by molar-refractivity contribution is 7.13. The summed E-state index contributed by atoms with van der Waals surface area (Å²) in [4.78, 5) is 52.0. The molecule has 5 aliphatic rings. The fourth-order valence-electron chi connectivity index (χ4n) is 12.1. The minimum atomic E-state index is -0.515. The number of carbonyl (C=O) groups excluding carboxylic acids is 2. The second-order valence-corrected chi connectivity index (χ2v) is 22.1. The van der Waals surface area contributed by atoms with Crippen LogP contribution >= 0.6 is 11.3 Å². The van der Waals surface area contributed by atoms with Crippen molar-refractivity contribution >= 4 is 50.6 Å². The Morgan fingerprint density at radius 1 is 0.974 bits per heavy atom. The van der Waals surface area contributed by atoms with Crippen LogP contribution in [0.25, 0.3) is 43.4 Å². The second kappa shape index (κ2) is 23.5. The predicted molar refractivity (Wildman–Crippen MR) is 298 cm³/mol. The van der Waals surface area contributed by atoms with Crippen LogP contribution in [0.4, 0.5) is 10.2 Å². The maximum atomic E-state index is 16.8. The molecular formula is C59H71FN10O6S. The van der Waals surface area contributed by atoms with Crippen LogP contribution in [0.1, 0.15) is 114 Å². The fourth-order valence-corrected chi connectivity index (χ4v) is 12.9. The number of anilines is 1. The third-order valence-corrected chi connectivity index (χ3v) is 16.8. The monoisotopic (exact) mass is 1070 g/mol. The largest absolute Gasteiger partial charge is 0.508 e. The topological polar surface area (TPSA) is 184 Å². The van der Waals surface area contributed by atoms with Gasteiger partial charge in [0.25, 0.3) is 5.88 Å². The number of phenols is 1. The normalized spacial score (nSPS) is 19.9. The average molecular weight is 1070 g/mol. The van der Waals surface area contributed by atoms with E-state index in [1.807, 2.05) is 49.7 Å². The summed E-state index contributed by atoms with van der Waals surface area (Å²) in [5, 5.41) is 23.4. The summed E-state index contributed by atoms with van der Waals surface area (Å²) in [5.74, 6) is 0.704. The molecule has 12 rings (SSSR count). The number of halogens is 1. The lowest BCUT2D eigenvalue weighted by Gasteiger charge is -2.34. The van der Waals surface area contributed by atoms with Gasteiger partial charge in [-0.3, -0.25) is 19.5 Å². The maximum Gasteiger partial charge on any atom is 0.319 e. The van der Waals surface area contributed by atoms with Gasteiger partial charge in [-0.1, -0.05) is 69.7 Å². The van der Waals surface area contributed by atoms with E-state index < -0.39 is 11.9 Å². The number of rotatable bonds is 13. The molecule has 5 saturated heterocycles. The molecule has 0 spiro atoms. The SMILES string of the molecule is CCC.CCc1cccc2cc(O)cc(-c3ncc4c(N5CC6CCC(C5)N6)nc(OCC56CCCN5CCC6)nc4c3F)c12.COc1cc(CC(=O)N2CCCC2C(=O)NC(C)c2ccc(-c3scnc3C)cc2)on1. The van der Waals surface area contributed by atoms with Crippen LogP contribution in [0.3, 0.4) is 0 Å². The van der Waals surface area contributed by atoms with Crippen LogP contribution < -0.4 is 25.0 Å². The Morgan fingerprint density at radius 3 is 2.42 bits per heavy atom. The molecule has 2 bridgehead atoms. The number of fused-ring (bicyclic) bond motifs is 5. The molecule has 0 saturated carbocycles. The van der Waals surface area contributed by atoms with Crippen LogP contribution in [-0.4, -0.2) is 122 Å². The van der Waals surface area contributed by atoms with E-state index in [-0.39, 0.29) is 52.8 Å². The van der Waals surface area contributed by atoms with Crippen molar-refractivity contribution in [1.29, 1.82) is 0 Å².